The maximum Gasteiger partial charge on any atom is 0.293 e. The number of carbonyl (C=O) groups is 1. The second-order valence-electron chi connectivity index (χ2n) is 5.98. The molecule has 0 atom stereocenters. The summed E-state index contributed by atoms with van der Waals surface area (Å²) in [6.07, 6.45) is 2.93. The second-order valence-corrected chi connectivity index (χ2v) is 8.95. The summed E-state index contributed by atoms with van der Waals surface area (Å²) < 4.78 is 33.1. The zero-order chi connectivity index (χ0) is 19.4. The number of nitrogens with one attached hydrogen (secondary N) is 1. The minimum Gasteiger partial charge on any atom is -0.459 e. The molecule has 0 bridgehead atoms. The van der Waals surface area contributed by atoms with Gasteiger partial charge in [-0.1, -0.05) is 25.2 Å². The van der Waals surface area contributed by atoms with Crippen LogP contribution < -0.4 is 5.32 Å². The molecule has 0 aliphatic carbocycles. The van der Waals surface area contributed by atoms with E-state index in [1.807, 2.05) is 13.8 Å². The number of amides is 1. The van der Waals surface area contributed by atoms with Crippen LogP contribution in [-0.2, 0) is 10.0 Å². The Kier molecular flexibility index (Phi) is 5.93. The van der Waals surface area contributed by atoms with E-state index in [1.165, 1.54) is 21.9 Å². The Bertz CT molecular complexity index is 1020. The Hall–Kier alpha value is -2.23. The van der Waals surface area contributed by atoms with Gasteiger partial charge in [-0.25, -0.2) is 13.4 Å². The molecule has 1 amide bonds. The first-order chi connectivity index (χ1) is 13.0. The molecule has 9 heteroatoms. The number of sulfonamides is 1. The smallest absolute Gasteiger partial charge is 0.293 e. The lowest BCUT2D eigenvalue weighted by Crippen LogP contribution is -2.32. The summed E-state index contributed by atoms with van der Waals surface area (Å²) in [7, 11) is -3.56. The molecular formula is C18H21N3O4S2. The first-order valence-electron chi connectivity index (χ1n) is 8.71. The Balaban J connectivity index is 1.88. The number of aromatic nitrogens is 1. The number of hydrogen-bond acceptors (Lipinski definition) is 6. The van der Waals surface area contributed by atoms with E-state index in [4.69, 9.17) is 4.42 Å². The second kappa shape index (κ2) is 8.20. The molecule has 0 aliphatic rings. The van der Waals surface area contributed by atoms with E-state index in [1.54, 1.807) is 30.3 Å². The van der Waals surface area contributed by atoms with Gasteiger partial charge in [-0.15, -0.1) is 0 Å². The fourth-order valence-corrected chi connectivity index (χ4v) is 5.31. The highest BCUT2D eigenvalue weighted by molar-refractivity contribution is 7.89. The van der Waals surface area contributed by atoms with Crippen LogP contribution in [0.2, 0.25) is 0 Å². The largest absolute Gasteiger partial charge is 0.459 e. The summed E-state index contributed by atoms with van der Waals surface area (Å²) in [6.45, 7) is 4.89. The van der Waals surface area contributed by atoms with E-state index in [2.05, 4.69) is 10.3 Å². The molecule has 3 rings (SSSR count). The molecule has 0 saturated carbocycles. The number of hydrogen-bond donors (Lipinski definition) is 1. The molecule has 7 nitrogen and oxygen atoms in total. The summed E-state index contributed by atoms with van der Waals surface area (Å²) in [5.41, 5.74) is 0.631. The molecule has 0 aliphatic heterocycles. The van der Waals surface area contributed by atoms with Crippen LogP contribution >= 0.6 is 11.3 Å². The summed E-state index contributed by atoms with van der Waals surface area (Å²) in [5.74, 6) is -0.212. The zero-order valence-electron chi connectivity index (χ0n) is 15.1. The molecule has 3 aromatic rings. The first-order valence-corrected chi connectivity index (χ1v) is 11.0. The quantitative estimate of drug-likeness (QED) is 0.610. The highest BCUT2D eigenvalue weighted by Crippen LogP contribution is 2.29. The van der Waals surface area contributed by atoms with Crippen molar-refractivity contribution < 1.29 is 17.6 Å². The molecule has 2 heterocycles. The zero-order valence-corrected chi connectivity index (χ0v) is 16.8. The van der Waals surface area contributed by atoms with Crippen LogP contribution in [0.25, 0.3) is 10.2 Å². The van der Waals surface area contributed by atoms with Crippen molar-refractivity contribution in [1.82, 2.24) is 9.29 Å². The number of furan rings is 1. The van der Waals surface area contributed by atoms with E-state index in [-0.39, 0.29) is 10.7 Å². The highest BCUT2D eigenvalue weighted by Gasteiger charge is 2.24. The number of nitrogens with zero attached hydrogens (tertiary/aromatic N) is 2. The van der Waals surface area contributed by atoms with Crippen molar-refractivity contribution >= 4 is 42.6 Å². The van der Waals surface area contributed by atoms with Gasteiger partial charge in [0.1, 0.15) is 0 Å². The third kappa shape index (κ3) is 4.20. The van der Waals surface area contributed by atoms with Crippen molar-refractivity contribution in [3.63, 3.8) is 0 Å². The van der Waals surface area contributed by atoms with Crippen molar-refractivity contribution in [3.05, 3.63) is 42.4 Å². The Morgan fingerprint density at radius 2 is 1.96 bits per heavy atom. The maximum absolute atomic E-state index is 12.9. The number of rotatable bonds is 8. The first kappa shape index (κ1) is 19.5. The molecule has 0 unspecified atom stereocenters. The van der Waals surface area contributed by atoms with Crippen molar-refractivity contribution in [2.45, 2.75) is 31.6 Å². The monoisotopic (exact) mass is 407 g/mol. The maximum atomic E-state index is 12.9. The van der Waals surface area contributed by atoms with Crippen LogP contribution in [0.1, 0.15) is 37.2 Å². The Morgan fingerprint density at radius 3 is 2.59 bits per heavy atom. The van der Waals surface area contributed by atoms with Crippen molar-refractivity contribution in [1.29, 1.82) is 0 Å². The van der Waals surface area contributed by atoms with E-state index in [0.717, 1.165) is 12.8 Å². The molecule has 144 valence electrons. The summed E-state index contributed by atoms with van der Waals surface area (Å²) in [6, 6.07) is 8.03. The van der Waals surface area contributed by atoms with Gasteiger partial charge < -0.3 is 4.42 Å². The van der Waals surface area contributed by atoms with Crippen LogP contribution in [0.4, 0.5) is 5.13 Å². The number of thiazole rings is 1. The van der Waals surface area contributed by atoms with Crippen molar-refractivity contribution in [2.75, 3.05) is 18.4 Å². The normalized spacial score (nSPS) is 12.0. The Labute approximate surface area is 162 Å². The molecule has 1 N–H and O–H groups in total. The van der Waals surface area contributed by atoms with Gasteiger partial charge in [0.05, 0.1) is 21.4 Å². The minimum absolute atomic E-state index is 0.187. The number of benzene rings is 1. The predicted molar refractivity (Wildman–Crippen MR) is 106 cm³/mol. The van der Waals surface area contributed by atoms with Gasteiger partial charge in [0.25, 0.3) is 5.91 Å². The molecule has 1 aromatic carbocycles. The van der Waals surface area contributed by atoms with Gasteiger partial charge in [0.15, 0.2) is 10.9 Å². The number of anilines is 1. The average Bonchev–Trinajstić information content (AvgIpc) is 3.30. The van der Waals surface area contributed by atoms with Crippen LogP contribution in [0.15, 0.2) is 45.9 Å². The third-order valence-corrected chi connectivity index (χ3v) is 6.74. The molecule has 27 heavy (non-hydrogen) atoms. The summed E-state index contributed by atoms with van der Waals surface area (Å²) >= 11 is 1.22. The lowest BCUT2D eigenvalue weighted by atomic mass is 10.3. The minimum atomic E-state index is -3.56. The SMILES string of the molecule is CCCN(CCC)S(=O)(=O)c1ccc2nc(NC(=O)c3ccco3)sc2c1. The third-order valence-electron chi connectivity index (χ3n) is 3.91. The standard InChI is InChI=1S/C18H21N3O4S2/c1-3-9-21(10-4-2)27(23,24)13-7-8-14-16(12-13)26-18(19-14)20-17(22)15-6-5-11-25-15/h5-8,11-12H,3-4,9-10H2,1-2H3,(H,19,20,22). The molecule has 2 aromatic heterocycles. The van der Waals surface area contributed by atoms with Gasteiger partial charge in [-0.05, 0) is 43.2 Å². The van der Waals surface area contributed by atoms with Gasteiger partial charge in [-0.3, -0.25) is 10.1 Å². The van der Waals surface area contributed by atoms with Crippen LogP contribution in [0, 0.1) is 0 Å². The molecule has 0 fully saturated rings. The number of carbonyl (C=O) groups excluding carboxylic acids is 1. The van der Waals surface area contributed by atoms with Gasteiger partial charge in [0, 0.05) is 13.1 Å². The lowest BCUT2D eigenvalue weighted by molar-refractivity contribution is 0.0996. The fraction of sp³-hybridized carbons (Fsp3) is 0.333. The number of fused-ring (bicyclic) bond motifs is 1. The van der Waals surface area contributed by atoms with Crippen LogP contribution in [0.3, 0.4) is 0 Å². The fourth-order valence-electron chi connectivity index (χ4n) is 2.69. The molecule has 0 saturated heterocycles. The molecule has 0 spiro atoms. The van der Waals surface area contributed by atoms with Gasteiger partial charge in [-0.2, -0.15) is 4.31 Å². The Morgan fingerprint density at radius 1 is 1.22 bits per heavy atom. The lowest BCUT2D eigenvalue weighted by Gasteiger charge is -2.20. The van der Waals surface area contributed by atoms with Crippen molar-refractivity contribution in [2.24, 2.45) is 0 Å². The molecular weight excluding hydrogens is 386 g/mol. The predicted octanol–water partition coefficient (Wildman–Crippen LogP) is 3.95. The van der Waals surface area contributed by atoms with E-state index in [9.17, 15) is 13.2 Å². The summed E-state index contributed by atoms with van der Waals surface area (Å²) in [4.78, 5) is 16.7. The van der Waals surface area contributed by atoms with Crippen molar-refractivity contribution in [3.8, 4) is 0 Å². The van der Waals surface area contributed by atoms with E-state index >= 15 is 0 Å². The topological polar surface area (TPSA) is 92.5 Å². The van der Waals surface area contributed by atoms with Crippen LogP contribution in [0.5, 0.6) is 0 Å². The van der Waals surface area contributed by atoms with Gasteiger partial charge >= 0.3 is 0 Å². The highest BCUT2D eigenvalue weighted by atomic mass is 32.2. The van der Waals surface area contributed by atoms with Gasteiger partial charge in [0.2, 0.25) is 10.0 Å². The summed E-state index contributed by atoms with van der Waals surface area (Å²) in [5, 5.41) is 3.06. The van der Waals surface area contributed by atoms with E-state index < -0.39 is 15.9 Å². The van der Waals surface area contributed by atoms with E-state index in [0.29, 0.717) is 28.4 Å². The molecule has 0 radical (unpaired) electrons. The van der Waals surface area contributed by atoms with Crippen LogP contribution in [-0.4, -0.2) is 36.7 Å². The average molecular weight is 408 g/mol.